The molecule has 1 aliphatic rings. The van der Waals surface area contributed by atoms with Crippen LogP contribution in [0.2, 0.25) is 0 Å². The van der Waals surface area contributed by atoms with Gasteiger partial charge in [0.1, 0.15) is 5.75 Å². The summed E-state index contributed by atoms with van der Waals surface area (Å²) < 4.78 is 54.4. The van der Waals surface area contributed by atoms with E-state index < -0.39 is 18.9 Å². The van der Waals surface area contributed by atoms with Crippen molar-refractivity contribution in [2.24, 2.45) is 5.41 Å². The van der Waals surface area contributed by atoms with Gasteiger partial charge < -0.3 is 14.0 Å². The van der Waals surface area contributed by atoms with Crippen molar-refractivity contribution < 1.29 is 27.2 Å². The zero-order valence-electron chi connectivity index (χ0n) is 11.6. The second kappa shape index (κ2) is 5.29. The molecular weight excluding hydrogens is 272 g/mol. The maximum atomic E-state index is 12.8. The summed E-state index contributed by atoms with van der Waals surface area (Å²) >= 11 is 0. The van der Waals surface area contributed by atoms with Crippen molar-refractivity contribution in [2.45, 2.75) is 20.0 Å². The summed E-state index contributed by atoms with van der Waals surface area (Å²) in [4.78, 5) is 0. The largest absolute Gasteiger partial charge is 0.497 e. The number of benzene rings is 1. The molecule has 1 fully saturated rings. The summed E-state index contributed by atoms with van der Waals surface area (Å²) in [5.41, 5.74) is -0.631. The summed E-state index contributed by atoms with van der Waals surface area (Å²) in [6.07, 6.45) is -4.41. The highest BCUT2D eigenvalue weighted by atomic mass is 19.4. The first-order valence-electron chi connectivity index (χ1n) is 6.21. The van der Waals surface area contributed by atoms with Gasteiger partial charge in [0, 0.05) is 24.1 Å². The van der Waals surface area contributed by atoms with E-state index in [-0.39, 0.29) is 10.9 Å². The first-order chi connectivity index (χ1) is 9.23. The Hall–Kier alpha value is -1.21. The standard InChI is InChI=1S/C13H16BF3O3/c1-12(2)7-19-14(20-8-12)10-6-9(13(15,16)17)4-5-11(10)18-3/h4-6H,7-8H2,1-3H3. The highest BCUT2D eigenvalue weighted by Crippen LogP contribution is 2.30. The van der Waals surface area contributed by atoms with E-state index in [0.29, 0.717) is 19.0 Å². The van der Waals surface area contributed by atoms with Crippen LogP contribution >= 0.6 is 0 Å². The molecule has 1 heterocycles. The molecule has 0 saturated carbocycles. The molecule has 110 valence electrons. The minimum atomic E-state index is -4.41. The van der Waals surface area contributed by atoms with E-state index in [9.17, 15) is 13.2 Å². The molecule has 1 saturated heterocycles. The minimum absolute atomic E-state index is 0.147. The van der Waals surface area contributed by atoms with Crippen molar-refractivity contribution in [3.05, 3.63) is 23.8 Å². The lowest BCUT2D eigenvalue weighted by Gasteiger charge is -2.33. The molecule has 0 aromatic heterocycles. The predicted octanol–water partition coefficient (Wildman–Crippen LogP) is 2.48. The molecule has 0 N–H and O–H groups in total. The molecule has 0 aliphatic carbocycles. The van der Waals surface area contributed by atoms with Gasteiger partial charge >= 0.3 is 13.3 Å². The Balaban J connectivity index is 2.30. The third kappa shape index (κ3) is 3.27. The smallest absolute Gasteiger partial charge is 0.497 e. The van der Waals surface area contributed by atoms with E-state index in [0.717, 1.165) is 12.1 Å². The number of ether oxygens (including phenoxy) is 1. The molecule has 3 nitrogen and oxygen atoms in total. The number of hydrogen-bond donors (Lipinski definition) is 0. The number of methoxy groups -OCH3 is 1. The summed E-state index contributed by atoms with van der Waals surface area (Å²) in [7, 11) is 0.569. The quantitative estimate of drug-likeness (QED) is 0.782. The molecule has 20 heavy (non-hydrogen) atoms. The molecule has 1 aliphatic heterocycles. The van der Waals surface area contributed by atoms with Crippen LogP contribution in [0.4, 0.5) is 13.2 Å². The van der Waals surface area contributed by atoms with Gasteiger partial charge in [0.15, 0.2) is 0 Å². The van der Waals surface area contributed by atoms with Crippen molar-refractivity contribution in [1.82, 2.24) is 0 Å². The van der Waals surface area contributed by atoms with E-state index in [4.69, 9.17) is 14.0 Å². The van der Waals surface area contributed by atoms with Crippen LogP contribution in [-0.4, -0.2) is 27.4 Å². The molecule has 0 bridgehead atoms. The lowest BCUT2D eigenvalue weighted by molar-refractivity contribution is -0.137. The lowest BCUT2D eigenvalue weighted by Crippen LogP contribution is -2.48. The van der Waals surface area contributed by atoms with Crippen LogP contribution in [0.1, 0.15) is 19.4 Å². The van der Waals surface area contributed by atoms with Crippen molar-refractivity contribution >= 4 is 12.6 Å². The zero-order chi connectivity index (χ0) is 15.0. The minimum Gasteiger partial charge on any atom is -0.497 e. The van der Waals surface area contributed by atoms with E-state index >= 15 is 0 Å². The maximum absolute atomic E-state index is 12.8. The fraction of sp³-hybridized carbons (Fsp3) is 0.538. The van der Waals surface area contributed by atoms with E-state index in [1.807, 2.05) is 13.8 Å². The monoisotopic (exact) mass is 288 g/mol. The summed E-state index contributed by atoms with van der Waals surface area (Å²) in [6.45, 7) is 4.76. The van der Waals surface area contributed by atoms with E-state index in [1.54, 1.807) is 0 Å². The summed E-state index contributed by atoms with van der Waals surface area (Å²) in [6, 6.07) is 3.28. The predicted molar refractivity (Wildman–Crippen MR) is 69.1 cm³/mol. The first kappa shape index (κ1) is 15.2. The Morgan fingerprint density at radius 2 is 1.80 bits per heavy atom. The van der Waals surface area contributed by atoms with Gasteiger partial charge in [-0.3, -0.25) is 0 Å². The number of halogens is 3. The second-order valence-corrected chi connectivity index (χ2v) is 5.57. The third-order valence-corrected chi connectivity index (χ3v) is 3.06. The SMILES string of the molecule is COc1ccc(C(F)(F)F)cc1B1OCC(C)(C)CO1. The molecule has 0 radical (unpaired) electrons. The average molecular weight is 288 g/mol. The number of alkyl halides is 3. The third-order valence-electron chi connectivity index (χ3n) is 3.06. The molecule has 0 spiro atoms. The Morgan fingerprint density at radius 1 is 1.20 bits per heavy atom. The van der Waals surface area contributed by atoms with Gasteiger partial charge in [-0.25, -0.2) is 0 Å². The van der Waals surface area contributed by atoms with Gasteiger partial charge in [0.2, 0.25) is 0 Å². The fourth-order valence-electron chi connectivity index (χ4n) is 1.97. The summed E-state index contributed by atoms with van der Waals surface area (Å²) in [5, 5.41) is 0. The van der Waals surface area contributed by atoms with Crippen LogP contribution < -0.4 is 10.2 Å². The molecular formula is C13H16BF3O3. The van der Waals surface area contributed by atoms with Gasteiger partial charge in [-0.15, -0.1) is 0 Å². The molecule has 2 rings (SSSR count). The van der Waals surface area contributed by atoms with Gasteiger partial charge in [0.25, 0.3) is 0 Å². The number of hydrogen-bond acceptors (Lipinski definition) is 3. The number of rotatable bonds is 2. The van der Waals surface area contributed by atoms with Crippen molar-refractivity contribution in [2.75, 3.05) is 20.3 Å². The topological polar surface area (TPSA) is 27.7 Å². The van der Waals surface area contributed by atoms with Crippen LogP contribution in [0, 0.1) is 5.41 Å². The van der Waals surface area contributed by atoms with E-state index in [2.05, 4.69) is 0 Å². The Morgan fingerprint density at radius 3 is 2.30 bits per heavy atom. The van der Waals surface area contributed by atoms with Crippen LogP contribution in [0.5, 0.6) is 5.75 Å². The Bertz CT molecular complexity index is 478. The molecule has 0 unspecified atom stereocenters. The van der Waals surface area contributed by atoms with Gasteiger partial charge in [-0.05, 0) is 18.2 Å². The molecule has 1 aromatic rings. The average Bonchev–Trinajstić information content (AvgIpc) is 2.37. The van der Waals surface area contributed by atoms with E-state index in [1.165, 1.54) is 13.2 Å². The normalized spacial score (nSPS) is 19.0. The van der Waals surface area contributed by atoms with Crippen molar-refractivity contribution in [3.63, 3.8) is 0 Å². The highest BCUT2D eigenvalue weighted by Gasteiger charge is 2.38. The van der Waals surface area contributed by atoms with Gasteiger partial charge in [-0.2, -0.15) is 13.2 Å². The fourth-order valence-corrected chi connectivity index (χ4v) is 1.97. The highest BCUT2D eigenvalue weighted by molar-refractivity contribution is 6.62. The van der Waals surface area contributed by atoms with Crippen molar-refractivity contribution in [3.8, 4) is 5.75 Å². The summed E-state index contributed by atoms with van der Waals surface area (Å²) in [5.74, 6) is 0.322. The van der Waals surface area contributed by atoms with Gasteiger partial charge in [0.05, 0.1) is 12.7 Å². The lowest BCUT2D eigenvalue weighted by atomic mass is 9.74. The van der Waals surface area contributed by atoms with Gasteiger partial charge in [-0.1, -0.05) is 13.8 Å². The van der Waals surface area contributed by atoms with Crippen molar-refractivity contribution in [1.29, 1.82) is 0 Å². The Kier molecular flexibility index (Phi) is 4.02. The molecule has 0 amide bonds. The first-order valence-corrected chi connectivity index (χ1v) is 6.21. The van der Waals surface area contributed by atoms with Crippen LogP contribution in [0.25, 0.3) is 0 Å². The molecule has 0 atom stereocenters. The van der Waals surface area contributed by atoms with Crippen LogP contribution in [-0.2, 0) is 15.5 Å². The molecule has 7 heteroatoms. The molecule has 1 aromatic carbocycles. The maximum Gasteiger partial charge on any atom is 0.497 e. The Labute approximate surface area is 116 Å². The zero-order valence-corrected chi connectivity index (χ0v) is 11.6. The second-order valence-electron chi connectivity index (χ2n) is 5.57. The van der Waals surface area contributed by atoms with Crippen LogP contribution in [0.15, 0.2) is 18.2 Å². The van der Waals surface area contributed by atoms with Crippen LogP contribution in [0.3, 0.4) is 0 Å².